The van der Waals surface area contributed by atoms with Crippen LogP contribution in [0.25, 0.3) is 0 Å². The first kappa shape index (κ1) is 18.8. The maximum atomic E-state index is 6.01. The molecule has 0 aliphatic heterocycles. The summed E-state index contributed by atoms with van der Waals surface area (Å²) in [5.74, 6) is 0.906. The second kappa shape index (κ2) is 10.3. The lowest BCUT2D eigenvalue weighted by Crippen LogP contribution is -2.17. The van der Waals surface area contributed by atoms with Crippen molar-refractivity contribution in [2.24, 2.45) is 0 Å². The Bertz CT molecular complexity index is 616. The van der Waals surface area contributed by atoms with Gasteiger partial charge in [-0.05, 0) is 50.6 Å². The van der Waals surface area contributed by atoms with Crippen LogP contribution in [0.4, 0.5) is 0 Å². The van der Waals surface area contributed by atoms with Crippen molar-refractivity contribution in [3.05, 3.63) is 64.7 Å². The average molecular weight is 348 g/mol. The predicted octanol–water partition coefficient (Wildman–Crippen LogP) is 4.82. The Morgan fingerprint density at radius 3 is 2.71 bits per heavy atom. The molecule has 0 saturated carbocycles. The highest BCUT2D eigenvalue weighted by molar-refractivity contribution is 6.30. The zero-order chi connectivity index (χ0) is 17.2. The number of benzene rings is 2. The molecular weight excluding hydrogens is 322 g/mol. The second-order valence-corrected chi connectivity index (χ2v) is 6.41. The van der Waals surface area contributed by atoms with Crippen molar-refractivity contribution in [1.82, 2.24) is 5.32 Å². The van der Waals surface area contributed by atoms with Gasteiger partial charge in [0.2, 0.25) is 0 Å². The van der Waals surface area contributed by atoms with Gasteiger partial charge in [-0.25, -0.2) is 0 Å². The molecule has 0 spiro atoms. The van der Waals surface area contributed by atoms with Crippen molar-refractivity contribution >= 4 is 11.6 Å². The highest BCUT2D eigenvalue weighted by Gasteiger charge is 2.04. The molecule has 0 atom stereocenters. The first-order valence-corrected chi connectivity index (χ1v) is 8.80. The smallest absolute Gasteiger partial charge is 0.124 e. The van der Waals surface area contributed by atoms with Gasteiger partial charge >= 0.3 is 0 Å². The fourth-order valence-corrected chi connectivity index (χ4v) is 2.53. The Labute approximate surface area is 149 Å². The van der Waals surface area contributed by atoms with Crippen molar-refractivity contribution in [1.29, 1.82) is 0 Å². The van der Waals surface area contributed by atoms with Crippen LogP contribution in [0.2, 0.25) is 5.02 Å². The highest BCUT2D eigenvalue weighted by Crippen LogP contribution is 2.20. The predicted molar refractivity (Wildman–Crippen MR) is 99.6 cm³/mol. The molecular formula is C20H26ClNO2. The molecule has 2 aromatic rings. The number of hydrogen-bond donors (Lipinski definition) is 1. The SMILES string of the molecule is CC(C)OCCCNCc1ccccc1OCc1cccc(Cl)c1. The summed E-state index contributed by atoms with van der Waals surface area (Å²) in [4.78, 5) is 0. The minimum atomic E-state index is 0.297. The number of nitrogens with one attached hydrogen (secondary N) is 1. The Kier molecular flexibility index (Phi) is 8.10. The van der Waals surface area contributed by atoms with Gasteiger partial charge in [-0.1, -0.05) is 41.9 Å². The van der Waals surface area contributed by atoms with Crippen molar-refractivity contribution in [2.45, 2.75) is 39.5 Å². The Morgan fingerprint density at radius 1 is 1.08 bits per heavy atom. The van der Waals surface area contributed by atoms with Gasteiger partial charge in [-0.15, -0.1) is 0 Å². The van der Waals surface area contributed by atoms with Crippen LogP contribution in [-0.2, 0) is 17.9 Å². The molecule has 0 amide bonds. The first-order valence-electron chi connectivity index (χ1n) is 8.42. The van der Waals surface area contributed by atoms with Gasteiger partial charge in [-0.2, -0.15) is 0 Å². The van der Waals surface area contributed by atoms with Crippen LogP contribution in [0.1, 0.15) is 31.4 Å². The van der Waals surface area contributed by atoms with Crippen molar-refractivity contribution in [2.75, 3.05) is 13.2 Å². The van der Waals surface area contributed by atoms with E-state index in [1.54, 1.807) is 0 Å². The highest BCUT2D eigenvalue weighted by atomic mass is 35.5. The summed E-state index contributed by atoms with van der Waals surface area (Å²) in [6, 6.07) is 15.9. The van der Waals surface area contributed by atoms with E-state index in [-0.39, 0.29) is 0 Å². The summed E-state index contributed by atoms with van der Waals surface area (Å²) in [6.07, 6.45) is 1.30. The topological polar surface area (TPSA) is 30.5 Å². The third kappa shape index (κ3) is 6.91. The number of ether oxygens (including phenoxy) is 2. The fourth-order valence-electron chi connectivity index (χ4n) is 2.32. The normalized spacial score (nSPS) is 11.0. The molecule has 1 N–H and O–H groups in total. The summed E-state index contributed by atoms with van der Waals surface area (Å²) in [7, 11) is 0. The number of hydrogen-bond acceptors (Lipinski definition) is 3. The van der Waals surface area contributed by atoms with E-state index >= 15 is 0 Å². The van der Waals surface area contributed by atoms with E-state index in [1.165, 1.54) is 0 Å². The zero-order valence-corrected chi connectivity index (χ0v) is 15.2. The molecule has 3 nitrogen and oxygen atoms in total. The van der Waals surface area contributed by atoms with Crippen LogP contribution >= 0.6 is 11.6 Å². The lowest BCUT2D eigenvalue weighted by Gasteiger charge is -2.13. The number of para-hydroxylation sites is 1. The van der Waals surface area contributed by atoms with E-state index in [1.807, 2.05) is 42.5 Å². The van der Waals surface area contributed by atoms with Gasteiger partial charge in [0.15, 0.2) is 0 Å². The van der Waals surface area contributed by atoms with Crippen LogP contribution < -0.4 is 10.1 Å². The van der Waals surface area contributed by atoms with Crippen LogP contribution in [0.5, 0.6) is 5.75 Å². The molecule has 0 fully saturated rings. The van der Waals surface area contributed by atoms with E-state index < -0.39 is 0 Å². The molecule has 4 heteroatoms. The molecule has 0 aromatic heterocycles. The molecule has 0 aliphatic rings. The van der Waals surface area contributed by atoms with E-state index in [9.17, 15) is 0 Å². The third-order valence-electron chi connectivity index (χ3n) is 3.52. The Hall–Kier alpha value is -1.55. The van der Waals surface area contributed by atoms with E-state index in [4.69, 9.17) is 21.1 Å². The largest absolute Gasteiger partial charge is 0.489 e. The lowest BCUT2D eigenvalue weighted by atomic mass is 10.2. The quantitative estimate of drug-likeness (QED) is 0.625. The molecule has 0 radical (unpaired) electrons. The summed E-state index contributed by atoms with van der Waals surface area (Å²) in [5.41, 5.74) is 2.22. The molecule has 0 bridgehead atoms. The molecule has 0 aliphatic carbocycles. The van der Waals surface area contributed by atoms with Crippen LogP contribution in [-0.4, -0.2) is 19.3 Å². The second-order valence-electron chi connectivity index (χ2n) is 5.98. The van der Waals surface area contributed by atoms with Gasteiger partial charge in [0.1, 0.15) is 12.4 Å². The molecule has 2 rings (SSSR count). The zero-order valence-electron chi connectivity index (χ0n) is 14.4. The summed E-state index contributed by atoms with van der Waals surface area (Å²) in [6.45, 7) is 7.13. The molecule has 130 valence electrons. The molecule has 0 unspecified atom stereocenters. The Balaban J connectivity index is 1.79. The molecule has 2 aromatic carbocycles. The standard InChI is InChI=1S/C20H26ClNO2/c1-16(2)23-12-6-11-22-14-18-8-3-4-10-20(18)24-15-17-7-5-9-19(21)13-17/h3-5,7-10,13,16,22H,6,11-12,14-15H2,1-2H3. The van der Waals surface area contributed by atoms with Crippen molar-refractivity contribution < 1.29 is 9.47 Å². The van der Waals surface area contributed by atoms with Gasteiger partial charge < -0.3 is 14.8 Å². The Morgan fingerprint density at radius 2 is 1.92 bits per heavy atom. The molecule has 24 heavy (non-hydrogen) atoms. The monoisotopic (exact) mass is 347 g/mol. The van der Waals surface area contributed by atoms with E-state index in [0.717, 1.165) is 48.0 Å². The van der Waals surface area contributed by atoms with E-state index in [2.05, 4.69) is 25.2 Å². The van der Waals surface area contributed by atoms with Gasteiger partial charge in [0, 0.05) is 23.7 Å². The summed E-state index contributed by atoms with van der Waals surface area (Å²) >= 11 is 6.01. The molecule has 0 heterocycles. The fraction of sp³-hybridized carbons (Fsp3) is 0.400. The maximum Gasteiger partial charge on any atom is 0.124 e. The lowest BCUT2D eigenvalue weighted by molar-refractivity contribution is 0.0770. The first-order chi connectivity index (χ1) is 11.6. The van der Waals surface area contributed by atoms with Crippen LogP contribution in [0.15, 0.2) is 48.5 Å². The van der Waals surface area contributed by atoms with Crippen LogP contribution in [0.3, 0.4) is 0 Å². The van der Waals surface area contributed by atoms with Crippen molar-refractivity contribution in [3.8, 4) is 5.75 Å². The van der Waals surface area contributed by atoms with Crippen LogP contribution in [0, 0.1) is 0 Å². The third-order valence-corrected chi connectivity index (χ3v) is 3.76. The van der Waals surface area contributed by atoms with Crippen molar-refractivity contribution in [3.63, 3.8) is 0 Å². The van der Waals surface area contributed by atoms with Gasteiger partial charge in [-0.3, -0.25) is 0 Å². The summed E-state index contributed by atoms with van der Waals surface area (Å²) < 4.78 is 11.5. The molecule has 0 saturated heterocycles. The van der Waals surface area contributed by atoms with Gasteiger partial charge in [0.05, 0.1) is 6.10 Å². The maximum absolute atomic E-state index is 6.01. The van der Waals surface area contributed by atoms with Gasteiger partial charge in [0.25, 0.3) is 0 Å². The average Bonchev–Trinajstić information content (AvgIpc) is 2.57. The van der Waals surface area contributed by atoms with E-state index in [0.29, 0.717) is 12.7 Å². The summed E-state index contributed by atoms with van der Waals surface area (Å²) in [5, 5.41) is 4.17. The minimum Gasteiger partial charge on any atom is -0.489 e. The minimum absolute atomic E-state index is 0.297. The number of rotatable bonds is 10. The number of halogens is 1.